The van der Waals surface area contributed by atoms with Crippen LogP contribution < -0.4 is 0 Å². The molecule has 0 aromatic heterocycles. The lowest BCUT2D eigenvalue weighted by molar-refractivity contribution is -0.131. The van der Waals surface area contributed by atoms with Gasteiger partial charge >= 0.3 is 5.97 Å². The van der Waals surface area contributed by atoms with E-state index < -0.39 is 5.97 Å². The number of thioether (sulfide) groups is 1. The Balaban J connectivity index is 2.73. The summed E-state index contributed by atoms with van der Waals surface area (Å²) in [6, 6.07) is 7.68. The highest BCUT2D eigenvalue weighted by Crippen LogP contribution is 2.23. The Morgan fingerprint density at radius 1 is 1.39 bits per heavy atom. The normalized spacial score (nSPS) is 14.6. The molecule has 0 heterocycles. The standard InChI is InChI=1S/C14H18O3S/c1-10(15)11(2)18-9-13-6-4-3-5-12(13)7-8-14(16)17/h3-8,10-11,15H,9H2,1-2H3,(H,16,17)/b8-7+. The minimum Gasteiger partial charge on any atom is -0.478 e. The van der Waals surface area contributed by atoms with Crippen molar-refractivity contribution in [1.82, 2.24) is 0 Å². The van der Waals surface area contributed by atoms with E-state index in [1.807, 2.05) is 31.2 Å². The molecule has 0 saturated carbocycles. The highest BCUT2D eigenvalue weighted by atomic mass is 32.2. The SMILES string of the molecule is CC(O)C(C)SCc1ccccc1/C=C/C(=O)O. The van der Waals surface area contributed by atoms with Crippen LogP contribution in [0, 0.1) is 0 Å². The molecule has 1 aromatic carbocycles. The van der Waals surface area contributed by atoms with Crippen molar-refractivity contribution in [2.24, 2.45) is 0 Å². The average Bonchev–Trinajstić information content (AvgIpc) is 2.34. The molecule has 1 aromatic rings. The molecule has 0 aliphatic rings. The topological polar surface area (TPSA) is 57.5 Å². The van der Waals surface area contributed by atoms with Crippen LogP contribution in [0.5, 0.6) is 0 Å². The molecular formula is C14H18O3S. The summed E-state index contributed by atoms with van der Waals surface area (Å²) in [5.41, 5.74) is 1.98. The van der Waals surface area contributed by atoms with E-state index in [4.69, 9.17) is 5.11 Å². The number of benzene rings is 1. The van der Waals surface area contributed by atoms with Crippen LogP contribution in [-0.4, -0.2) is 27.5 Å². The fraction of sp³-hybridized carbons (Fsp3) is 0.357. The van der Waals surface area contributed by atoms with Gasteiger partial charge < -0.3 is 10.2 Å². The third-order valence-corrected chi connectivity index (χ3v) is 4.04. The molecule has 0 radical (unpaired) electrons. The second-order valence-electron chi connectivity index (χ2n) is 4.13. The van der Waals surface area contributed by atoms with Crippen LogP contribution in [0.15, 0.2) is 30.3 Å². The number of aliphatic carboxylic acids is 1. The smallest absolute Gasteiger partial charge is 0.328 e. The molecule has 98 valence electrons. The number of aliphatic hydroxyl groups excluding tert-OH is 1. The summed E-state index contributed by atoms with van der Waals surface area (Å²) in [6.45, 7) is 3.75. The molecule has 3 nitrogen and oxygen atoms in total. The summed E-state index contributed by atoms with van der Waals surface area (Å²) in [4.78, 5) is 10.5. The van der Waals surface area contributed by atoms with Crippen molar-refractivity contribution in [3.63, 3.8) is 0 Å². The van der Waals surface area contributed by atoms with Gasteiger partial charge in [-0.3, -0.25) is 0 Å². The molecule has 0 amide bonds. The number of hydrogen-bond acceptors (Lipinski definition) is 3. The first-order chi connectivity index (χ1) is 8.50. The van der Waals surface area contributed by atoms with Crippen molar-refractivity contribution in [2.45, 2.75) is 31.0 Å². The van der Waals surface area contributed by atoms with Gasteiger partial charge in [0, 0.05) is 17.1 Å². The number of aliphatic hydroxyl groups is 1. The van der Waals surface area contributed by atoms with Gasteiger partial charge in [-0.1, -0.05) is 31.2 Å². The quantitative estimate of drug-likeness (QED) is 0.777. The van der Waals surface area contributed by atoms with Gasteiger partial charge in [0.2, 0.25) is 0 Å². The third-order valence-electron chi connectivity index (χ3n) is 2.64. The lowest BCUT2D eigenvalue weighted by atomic mass is 10.1. The molecule has 0 aliphatic heterocycles. The first-order valence-corrected chi connectivity index (χ1v) is 6.84. The maximum absolute atomic E-state index is 10.5. The summed E-state index contributed by atoms with van der Waals surface area (Å²) in [6.07, 6.45) is 2.39. The number of carboxylic acid groups (broad SMARTS) is 1. The van der Waals surface area contributed by atoms with E-state index >= 15 is 0 Å². The number of carboxylic acids is 1. The van der Waals surface area contributed by atoms with E-state index in [9.17, 15) is 9.90 Å². The Morgan fingerprint density at radius 2 is 2.06 bits per heavy atom. The molecule has 2 unspecified atom stereocenters. The van der Waals surface area contributed by atoms with Crippen molar-refractivity contribution >= 4 is 23.8 Å². The Morgan fingerprint density at radius 3 is 2.67 bits per heavy atom. The monoisotopic (exact) mass is 266 g/mol. The van der Waals surface area contributed by atoms with Crippen LogP contribution in [0.1, 0.15) is 25.0 Å². The minimum atomic E-state index is -0.949. The predicted octanol–water partition coefficient (Wildman–Crippen LogP) is 2.79. The van der Waals surface area contributed by atoms with Crippen LogP contribution in [0.3, 0.4) is 0 Å². The molecular weight excluding hydrogens is 248 g/mol. The zero-order chi connectivity index (χ0) is 13.5. The highest BCUT2D eigenvalue weighted by Gasteiger charge is 2.10. The third kappa shape index (κ3) is 4.94. The first-order valence-electron chi connectivity index (χ1n) is 5.79. The number of carbonyl (C=O) groups is 1. The van der Waals surface area contributed by atoms with E-state index in [2.05, 4.69) is 0 Å². The summed E-state index contributed by atoms with van der Waals surface area (Å²) < 4.78 is 0. The van der Waals surface area contributed by atoms with Crippen molar-refractivity contribution in [3.05, 3.63) is 41.5 Å². The Labute approximate surface area is 112 Å². The number of rotatable bonds is 6. The molecule has 0 fully saturated rings. The van der Waals surface area contributed by atoms with Gasteiger partial charge in [0.1, 0.15) is 0 Å². The van der Waals surface area contributed by atoms with E-state index in [-0.39, 0.29) is 11.4 Å². The van der Waals surface area contributed by atoms with Gasteiger partial charge in [-0.15, -0.1) is 0 Å². The summed E-state index contributed by atoms with van der Waals surface area (Å²) in [5, 5.41) is 18.2. The molecule has 1 rings (SSSR count). The van der Waals surface area contributed by atoms with E-state index in [1.54, 1.807) is 24.8 Å². The molecule has 2 N–H and O–H groups in total. The van der Waals surface area contributed by atoms with Crippen LogP contribution in [0.2, 0.25) is 0 Å². The van der Waals surface area contributed by atoms with E-state index in [0.29, 0.717) is 0 Å². The minimum absolute atomic E-state index is 0.154. The highest BCUT2D eigenvalue weighted by molar-refractivity contribution is 7.99. The average molecular weight is 266 g/mol. The maximum atomic E-state index is 10.5. The van der Waals surface area contributed by atoms with E-state index in [1.165, 1.54) is 0 Å². The molecule has 0 bridgehead atoms. The van der Waals surface area contributed by atoms with Gasteiger partial charge in [0.25, 0.3) is 0 Å². The fourth-order valence-electron chi connectivity index (χ4n) is 1.35. The fourth-order valence-corrected chi connectivity index (χ4v) is 2.33. The lowest BCUT2D eigenvalue weighted by Gasteiger charge is -2.14. The molecule has 2 atom stereocenters. The lowest BCUT2D eigenvalue weighted by Crippen LogP contribution is -2.15. The zero-order valence-electron chi connectivity index (χ0n) is 10.5. The van der Waals surface area contributed by atoms with Crippen LogP contribution in [0.4, 0.5) is 0 Å². The molecule has 0 aliphatic carbocycles. The molecule has 0 spiro atoms. The zero-order valence-corrected chi connectivity index (χ0v) is 11.4. The van der Waals surface area contributed by atoms with Crippen LogP contribution >= 0.6 is 11.8 Å². The first kappa shape index (κ1) is 14.8. The Hall–Kier alpha value is -1.26. The van der Waals surface area contributed by atoms with Crippen molar-refractivity contribution in [3.8, 4) is 0 Å². The Bertz CT molecular complexity index is 427. The number of hydrogen-bond donors (Lipinski definition) is 2. The van der Waals surface area contributed by atoms with Gasteiger partial charge in [0.05, 0.1) is 6.10 Å². The molecule has 0 saturated heterocycles. The summed E-state index contributed by atoms with van der Waals surface area (Å²) in [5.74, 6) is -0.193. The molecule has 18 heavy (non-hydrogen) atoms. The van der Waals surface area contributed by atoms with E-state index in [0.717, 1.165) is 23.0 Å². The van der Waals surface area contributed by atoms with Crippen LogP contribution in [0.25, 0.3) is 6.08 Å². The van der Waals surface area contributed by atoms with Crippen molar-refractivity contribution in [1.29, 1.82) is 0 Å². The second-order valence-corrected chi connectivity index (χ2v) is 5.49. The summed E-state index contributed by atoms with van der Waals surface area (Å²) >= 11 is 1.65. The maximum Gasteiger partial charge on any atom is 0.328 e. The van der Waals surface area contributed by atoms with Gasteiger partial charge in [-0.05, 0) is 24.1 Å². The van der Waals surface area contributed by atoms with Crippen molar-refractivity contribution < 1.29 is 15.0 Å². The van der Waals surface area contributed by atoms with Crippen LogP contribution in [-0.2, 0) is 10.5 Å². The van der Waals surface area contributed by atoms with Gasteiger partial charge in [-0.2, -0.15) is 11.8 Å². The second kappa shape index (κ2) is 7.24. The van der Waals surface area contributed by atoms with Gasteiger partial charge in [0.15, 0.2) is 0 Å². The summed E-state index contributed by atoms with van der Waals surface area (Å²) in [7, 11) is 0. The van der Waals surface area contributed by atoms with Gasteiger partial charge in [-0.25, -0.2) is 4.79 Å². The largest absolute Gasteiger partial charge is 0.478 e. The van der Waals surface area contributed by atoms with Crippen molar-refractivity contribution in [2.75, 3.05) is 0 Å². The Kier molecular flexibility index (Phi) is 5.95. The molecule has 4 heteroatoms. The predicted molar refractivity (Wildman–Crippen MR) is 75.5 cm³/mol.